The Labute approximate surface area is 130 Å². The van der Waals surface area contributed by atoms with Crippen LogP contribution in [0.15, 0.2) is 0 Å². The molecule has 0 aliphatic heterocycles. The second kappa shape index (κ2) is 6.60. The Balaban J connectivity index is 5.92. The standard InChI is InChI=1S/C10H8ClF13/c11-4-2-1-3-5(12,13)6(14,15)7(16,17)8(18,19)9(20,21)10(22,23)24/h1-4H2. The summed E-state index contributed by atoms with van der Waals surface area (Å²) < 4.78 is 164. The molecule has 0 aromatic carbocycles. The molecule has 146 valence electrons. The summed E-state index contributed by atoms with van der Waals surface area (Å²) in [5.74, 6) is -36.8. The van der Waals surface area contributed by atoms with Gasteiger partial charge in [0, 0.05) is 12.3 Å². The Morgan fingerprint density at radius 1 is 0.500 bits per heavy atom. The van der Waals surface area contributed by atoms with Gasteiger partial charge in [0.05, 0.1) is 0 Å². The fourth-order valence-electron chi connectivity index (χ4n) is 1.40. The highest BCUT2D eigenvalue weighted by atomic mass is 35.5. The lowest BCUT2D eigenvalue weighted by Gasteiger charge is -2.39. The van der Waals surface area contributed by atoms with Gasteiger partial charge in [-0.15, -0.1) is 11.6 Å². The molecule has 0 aliphatic carbocycles. The lowest BCUT2D eigenvalue weighted by molar-refractivity contribution is -0.440. The molecule has 0 N–H and O–H groups in total. The minimum Gasteiger partial charge on any atom is -0.200 e. The van der Waals surface area contributed by atoms with Crippen LogP contribution in [-0.2, 0) is 0 Å². The minimum atomic E-state index is -7.84. The van der Waals surface area contributed by atoms with Gasteiger partial charge in [0.25, 0.3) is 0 Å². The van der Waals surface area contributed by atoms with E-state index in [1.54, 1.807) is 0 Å². The summed E-state index contributed by atoms with van der Waals surface area (Å²) in [6, 6.07) is 0. The summed E-state index contributed by atoms with van der Waals surface area (Å²) in [4.78, 5) is 0. The maximum atomic E-state index is 13.1. The van der Waals surface area contributed by atoms with E-state index in [0.29, 0.717) is 0 Å². The van der Waals surface area contributed by atoms with Crippen molar-refractivity contribution in [2.24, 2.45) is 0 Å². The summed E-state index contributed by atoms with van der Waals surface area (Å²) >= 11 is 4.99. The van der Waals surface area contributed by atoms with Crippen LogP contribution in [0.2, 0.25) is 0 Å². The average molecular weight is 411 g/mol. The topological polar surface area (TPSA) is 0 Å². The van der Waals surface area contributed by atoms with Crippen LogP contribution in [0.4, 0.5) is 57.1 Å². The maximum absolute atomic E-state index is 13.1. The van der Waals surface area contributed by atoms with Gasteiger partial charge in [-0.2, -0.15) is 57.1 Å². The zero-order valence-corrected chi connectivity index (χ0v) is 11.9. The number of hydrogen-bond acceptors (Lipinski definition) is 0. The molecular weight excluding hydrogens is 403 g/mol. The Morgan fingerprint density at radius 2 is 0.875 bits per heavy atom. The number of unbranched alkanes of at least 4 members (excludes halogenated alkanes) is 1. The first kappa shape index (κ1) is 23.4. The van der Waals surface area contributed by atoms with Crippen molar-refractivity contribution < 1.29 is 57.1 Å². The van der Waals surface area contributed by atoms with Crippen molar-refractivity contribution in [1.29, 1.82) is 0 Å². The summed E-state index contributed by atoms with van der Waals surface area (Å²) in [5, 5.41) is 0. The van der Waals surface area contributed by atoms with Crippen LogP contribution < -0.4 is 0 Å². The van der Waals surface area contributed by atoms with Gasteiger partial charge in [-0.05, 0) is 12.8 Å². The van der Waals surface area contributed by atoms with Gasteiger partial charge in [-0.1, -0.05) is 0 Å². The Hall–Kier alpha value is -0.620. The molecule has 0 aromatic heterocycles. The zero-order valence-electron chi connectivity index (χ0n) is 11.1. The molecule has 0 saturated carbocycles. The number of halogens is 14. The summed E-state index contributed by atoms with van der Waals surface area (Å²) in [7, 11) is 0. The second-order valence-electron chi connectivity index (χ2n) is 4.65. The van der Waals surface area contributed by atoms with Crippen LogP contribution in [0, 0.1) is 0 Å². The monoisotopic (exact) mass is 410 g/mol. The van der Waals surface area contributed by atoms with Crippen molar-refractivity contribution in [2.75, 3.05) is 5.88 Å². The Morgan fingerprint density at radius 3 is 1.21 bits per heavy atom. The summed E-state index contributed by atoms with van der Waals surface area (Å²) in [6.45, 7) is 0. The molecule has 0 saturated heterocycles. The van der Waals surface area contributed by atoms with Gasteiger partial charge in [0.2, 0.25) is 0 Å². The molecule has 0 unspecified atom stereocenters. The predicted octanol–water partition coefficient (Wildman–Crippen LogP) is 6.13. The van der Waals surface area contributed by atoms with Crippen molar-refractivity contribution in [1.82, 2.24) is 0 Å². The van der Waals surface area contributed by atoms with Crippen LogP contribution in [0.5, 0.6) is 0 Å². The molecule has 14 heteroatoms. The van der Waals surface area contributed by atoms with Gasteiger partial charge in [-0.3, -0.25) is 0 Å². The van der Waals surface area contributed by atoms with Crippen molar-refractivity contribution >= 4 is 11.6 Å². The van der Waals surface area contributed by atoms with Gasteiger partial charge >= 0.3 is 35.8 Å². The zero-order chi connectivity index (χ0) is 19.8. The normalized spacial score (nSPS) is 15.8. The van der Waals surface area contributed by atoms with Gasteiger partial charge in [0.15, 0.2) is 0 Å². The van der Waals surface area contributed by atoms with Crippen LogP contribution in [0.3, 0.4) is 0 Å². The highest BCUT2D eigenvalue weighted by molar-refractivity contribution is 6.17. The molecule has 0 atom stereocenters. The first-order valence-electron chi connectivity index (χ1n) is 5.83. The minimum absolute atomic E-state index is 0.402. The molecule has 0 amide bonds. The molecular formula is C10H8ClF13. The molecule has 0 spiro atoms. The fraction of sp³-hybridized carbons (Fsp3) is 1.00. The predicted molar refractivity (Wildman–Crippen MR) is 55.4 cm³/mol. The molecule has 0 bridgehead atoms. The van der Waals surface area contributed by atoms with Crippen LogP contribution in [0.25, 0.3) is 0 Å². The third-order valence-electron chi connectivity index (χ3n) is 2.87. The molecule has 0 radical (unpaired) electrons. The molecule has 0 rings (SSSR count). The lowest BCUT2D eigenvalue weighted by atomic mass is 9.92. The van der Waals surface area contributed by atoms with E-state index < -0.39 is 60.9 Å². The van der Waals surface area contributed by atoms with Crippen molar-refractivity contribution in [3.8, 4) is 0 Å². The SMILES string of the molecule is FC(F)(F)C(F)(F)C(F)(F)C(F)(F)C(F)(F)C(F)(F)CCCCCl. The van der Waals surface area contributed by atoms with E-state index in [2.05, 4.69) is 0 Å². The Bertz CT molecular complexity index is 425. The van der Waals surface area contributed by atoms with Gasteiger partial charge in [-0.25, -0.2) is 0 Å². The largest absolute Gasteiger partial charge is 0.460 e. The van der Waals surface area contributed by atoms with E-state index in [0.717, 1.165) is 0 Å². The second-order valence-corrected chi connectivity index (χ2v) is 5.02. The smallest absolute Gasteiger partial charge is 0.200 e. The number of rotatable bonds is 8. The first-order valence-corrected chi connectivity index (χ1v) is 6.36. The van der Waals surface area contributed by atoms with E-state index in [9.17, 15) is 57.1 Å². The third-order valence-corrected chi connectivity index (χ3v) is 3.14. The van der Waals surface area contributed by atoms with E-state index in [4.69, 9.17) is 11.6 Å². The van der Waals surface area contributed by atoms with Crippen LogP contribution in [0.1, 0.15) is 19.3 Å². The van der Waals surface area contributed by atoms with Crippen LogP contribution >= 0.6 is 11.6 Å². The lowest BCUT2D eigenvalue weighted by Crippen LogP contribution is -2.70. The highest BCUT2D eigenvalue weighted by Gasteiger charge is 2.90. The molecule has 24 heavy (non-hydrogen) atoms. The quantitative estimate of drug-likeness (QED) is 0.256. The summed E-state index contributed by atoms with van der Waals surface area (Å²) in [5.41, 5.74) is 0. The molecule has 0 fully saturated rings. The van der Waals surface area contributed by atoms with E-state index in [1.807, 2.05) is 0 Å². The van der Waals surface area contributed by atoms with Crippen molar-refractivity contribution in [3.05, 3.63) is 0 Å². The number of hydrogen-bond donors (Lipinski definition) is 0. The van der Waals surface area contributed by atoms with Gasteiger partial charge in [0.1, 0.15) is 0 Å². The third kappa shape index (κ3) is 3.50. The molecule has 0 nitrogen and oxygen atoms in total. The van der Waals surface area contributed by atoms with E-state index in [-0.39, 0.29) is 0 Å². The van der Waals surface area contributed by atoms with E-state index in [1.165, 1.54) is 0 Å². The maximum Gasteiger partial charge on any atom is 0.460 e. The first-order chi connectivity index (χ1) is 10.3. The Kier molecular flexibility index (Phi) is 6.43. The van der Waals surface area contributed by atoms with E-state index >= 15 is 0 Å². The molecule has 0 aromatic rings. The average Bonchev–Trinajstić information content (AvgIpc) is 2.36. The summed E-state index contributed by atoms with van der Waals surface area (Å²) in [6.07, 6.45) is -11.0. The molecule has 0 aliphatic rings. The fourth-order valence-corrected chi connectivity index (χ4v) is 1.59. The van der Waals surface area contributed by atoms with Gasteiger partial charge < -0.3 is 0 Å². The van der Waals surface area contributed by atoms with Crippen LogP contribution in [-0.4, -0.2) is 41.7 Å². The molecule has 0 heterocycles. The van der Waals surface area contributed by atoms with Crippen molar-refractivity contribution in [3.63, 3.8) is 0 Å². The highest BCUT2D eigenvalue weighted by Crippen LogP contribution is 2.60. The number of alkyl halides is 14. The van der Waals surface area contributed by atoms with Crippen molar-refractivity contribution in [2.45, 2.75) is 55.1 Å².